The summed E-state index contributed by atoms with van der Waals surface area (Å²) in [6, 6.07) is 11.0. The predicted octanol–water partition coefficient (Wildman–Crippen LogP) is 3.38. The first-order chi connectivity index (χ1) is 10.6. The number of ether oxygens (including phenoxy) is 2. The minimum atomic E-state index is -0.464. The Bertz CT molecular complexity index is 683. The molecule has 0 bridgehead atoms. The summed E-state index contributed by atoms with van der Waals surface area (Å²) in [5.41, 5.74) is 0.792. The number of hydrogen-bond donors (Lipinski definition) is 0. The number of rotatable bonds is 6. The Hall–Kier alpha value is -3.09. The average molecular weight is 302 g/mol. The molecule has 0 fully saturated rings. The van der Waals surface area contributed by atoms with Crippen molar-refractivity contribution in [3.63, 3.8) is 0 Å². The Morgan fingerprint density at radius 1 is 1.09 bits per heavy atom. The van der Waals surface area contributed by atoms with Gasteiger partial charge in [-0.15, -0.1) is 0 Å². The van der Waals surface area contributed by atoms with Crippen molar-refractivity contribution in [1.82, 2.24) is 0 Å². The van der Waals surface area contributed by atoms with Crippen molar-refractivity contribution in [1.29, 1.82) is 0 Å². The SMILES string of the molecule is CON=Cc1ccc(Oc2ccc([N+](=O)[O-])cc2)c(OC)c1. The normalized spacial score (nSPS) is 10.5. The number of non-ortho nitro benzene ring substituents is 1. The molecular formula is C15H14N2O5. The highest BCUT2D eigenvalue weighted by Gasteiger charge is 2.09. The van der Waals surface area contributed by atoms with E-state index in [1.807, 2.05) is 0 Å². The molecule has 0 atom stereocenters. The average Bonchev–Trinajstić information content (AvgIpc) is 2.54. The molecule has 0 amide bonds. The number of methoxy groups -OCH3 is 1. The summed E-state index contributed by atoms with van der Waals surface area (Å²) in [5.74, 6) is 1.48. The number of oxime groups is 1. The quantitative estimate of drug-likeness (QED) is 0.464. The fourth-order valence-electron chi connectivity index (χ4n) is 1.73. The molecule has 0 aromatic heterocycles. The lowest BCUT2D eigenvalue weighted by Gasteiger charge is -2.10. The predicted molar refractivity (Wildman–Crippen MR) is 80.8 cm³/mol. The van der Waals surface area contributed by atoms with E-state index in [9.17, 15) is 10.1 Å². The minimum Gasteiger partial charge on any atom is -0.493 e. The maximum atomic E-state index is 10.6. The lowest BCUT2D eigenvalue weighted by atomic mass is 10.2. The monoisotopic (exact) mass is 302 g/mol. The van der Waals surface area contributed by atoms with Gasteiger partial charge in [0.1, 0.15) is 12.9 Å². The van der Waals surface area contributed by atoms with Crippen LogP contribution in [-0.4, -0.2) is 25.4 Å². The second-order valence-electron chi connectivity index (χ2n) is 4.18. The Labute approximate surface area is 126 Å². The number of hydrogen-bond acceptors (Lipinski definition) is 6. The smallest absolute Gasteiger partial charge is 0.269 e. The summed E-state index contributed by atoms with van der Waals surface area (Å²) in [6.45, 7) is 0. The maximum Gasteiger partial charge on any atom is 0.269 e. The molecule has 7 heteroatoms. The molecule has 0 spiro atoms. The zero-order valence-corrected chi connectivity index (χ0v) is 12.1. The number of nitrogens with zero attached hydrogens (tertiary/aromatic N) is 2. The van der Waals surface area contributed by atoms with E-state index in [1.54, 1.807) is 18.2 Å². The second-order valence-corrected chi connectivity index (χ2v) is 4.18. The van der Waals surface area contributed by atoms with E-state index in [0.29, 0.717) is 17.2 Å². The zero-order valence-electron chi connectivity index (χ0n) is 12.1. The molecule has 22 heavy (non-hydrogen) atoms. The third-order valence-corrected chi connectivity index (χ3v) is 2.77. The van der Waals surface area contributed by atoms with Gasteiger partial charge in [-0.05, 0) is 30.3 Å². The largest absolute Gasteiger partial charge is 0.493 e. The third-order valence-electron chi connectivity index (χ3n) is 2.77. The van der Waals surface area contributed by atoms with Gasteiger partial charge in [0, 0.05) is 17.7 Å². The summed E-state index contributed by atoms with van der Waals surface area (Å²) in [5, 5.41) is 14.3. The van der Waals surface area contributed by atoms with E-state index in [4.69, 9.17) is 9.47 Å². The van der Waals surface area contributed by atoms with Gasteiger partial charge in [0.15, 0.2) is 11.5 Å². The van der Waals surface area contributed by atoms with Crippen LogP contribution in [0.1, 0.15) is 5.56 Å². The van der Waals surface area contributed by atoms with Crippen molar-refractivity contribution < 1.29 is 19.2 Å². The zero-order chi connectivity index (χ0) is 15.9. The van der Waals surface area contributed by atoms with Crippen LogP contribution in [0.4, 0.5) is 5.69 Å². The maximum absolute atomic E-state index is 10.6. The Morgan fingerprint density at radius 2 is 1.82 bits per heavy atom. The lowest BCUT2D eigenvalue weighted by molar-refractivity contribution is -0.384. The first-order valence-electron chi connectivity index (χ1n) is 6.31. The van der Waals surface area contributed by atoms with E-state index < -0.39 is 4.92 Å². The highest BCUT2D eigenvalue weighted by atomic mass is 16.6. The second kappa shape index (κ2) is 7.07. The van der Waals surface area contributed by atoms with Gasteiger partial charge in [0.2, 0.25) is 0 Å². The Morgan fingerprint density at radius 3 is 2.41 bits per heavy atom. The van der Waals surface area contributed by atoms with Crippen LogP contribution in [0.15, 0.2) is 47.6 Å². The third kappa shape index (κ3) is 3.72. The molecule has 2 aromatic rings. The molecule has 0 radical (unpaired) electrons. The molecule has 0 saturated heterocycles. The molecule has 0 unspecified atom stereocenters. The molecule has 0 saturated carbocycles. The molecule has 7 nitrogen and oxygen atoms in total. The molecule has 2 rings (SSSR count). The molecule has 0 aliphatic rings. The van der Waals surface area contributed by atoms with Crippen molar-refractivity contribution in [2.75, 3.05) is 14.2 Å². The fourth-order valence-corrected chi connectivity index (χ4v) is 1.73. The Balaban J connectivity index is 2.21. The van der Waals surface area contributed by atoms with Gasteiger partial charge in [-0.1, -0.05) is 5.16 Å². The summed E-state index contributed by atoms with van der Waals surface area (Å²) in [4.78, 5) is 14.8. The van der Waals surface area contributed by atoms with Crippen LogP contribution in [0, 0.1) is 10.1 Å². The van der Waals surface area contributed by atoms with Gasteiger partial charge >= 0.3 is 0 Å². The van der Waals surface area contributed by atoms with Crippen LogP contribution in [0.25, 0.3) is 0 Å². The minimum absolute atomic E-state index is 0.00504. The van der Waals surface area contributed by atoms with Gasteiger partial charge in [-0.2, -0.15) is 0 Å². The highest BCUT2D eigenvalue weighted by Crippen LogP contribution is 2.32. The fraction of sp³-hybridized carbons (Fsp3) is 0.133. The highest BCUT2D eigenvalue weighted by molar-refractivity contribution is 5.80. The molecule has 114 valence electrons. The topological polar surface area (TPSA) is 83.2 Å². The standard InChI is InChI=1S/C15H14N2O5/c1-20-15-9-11(10-16-21-2)3-8-14(15)22-13-6-4-12(5-7-13)17(18)19/h3-10H,1-2H3. The van der Waals surface area contributed by atoms with Crippen LogP contribution < -0.4 is 9.47 Å². The van der Waals surface area contributed by atoms with E-state index in [0.717, 1.165) is 5.56 Å². The van der Waals surface area contributed by atoms with E-state index in [1.165, 1.54) is 44.7 Å². The first-order valence-corrected chi connectivity index (χ1v) is 6.31. The molecule has 0 aliphatic heterocycles. The summed E-state index contributed by atoms with van der Waals surface area (Å²) in [6.07, 6.45) is 1.54. The van der Waals surface area contributed by atoms with Gasteiger partial charge in [-0.25, -0.2) is 0 Å². The van der Waals surface area contributed by atoms with Gasteiger partial charge in [0.05, 0.1) is 18.2 Å². The van der Waals surface area contributed by atoms with E-state index in [2.05, 4.69) is 9.99 Å². The van der Waals surface area contributed by atoms with Crippen molar-refractivity contribution in [2.45, 2.75) is 0 Å². The number of nitro benzene ring substituents is 1. The van der Waals surface area contributed by atoms with Crippen molar-refractivity contribution in [3.05, 3.63) is 58.1 Å². The first kappa shape index (κ1) is 15.3. The van der Waals surface area contributed by atoms with Crippen LogP contribution in [-0.2, 0) is 4.84 Å². The van der Waals surface area contributed by atoms with Gasteiger partial charge in [-0.3, -0.25) is 10.1 Å². The molecule has 0 N–H and O–H groups in total. The van der Waals surface area contributed by atoms with Crippen LogP contribution in [0.3, 0.4) is 0 Å². The van der Waals surface area contributed by atoms with E-state index in [-0.39, 0.29) is 5.69 Å². The van der Waals surface area contributed by atoms with Crippen LogP contribution >= 0.6 is 0 Å². The summed E-state index contributed by atoms with van der Waals surface area (Å²) in [7, 11) is 2.98. The van der Waals surface area contributed by atoms with Crippen LogP contribution in [0.2, 0.25) is 0 Å². The Kier molecular flexibility index (Phi) is 4.92. The van der Waals surface area contributed by atoms with Crippen molar-refractivity contribution >= 4 is 11.9 Å². The summed E-state index contributed by atoms with van der Waals surface area (Å²) >= 11 is 0. The summed E-state index contributed by atoms with van der Waals surface area (Å²) < 4.78 is 10.9. The van der Waals surface area contributed by atoms with Gasteiger partial charge in [0.25, 0.3) is 5.69 Å². The molecule has 2 aromatic carbocycles. The molecule has 0 heterocycles. The van der Waals surface area contributed by atoms with E-state index >= 15 is 0 Å². The van der Waals surface area contributed by atoms with Gasteiger partial charge < -0.3 is 14.3 Å². The lowest BCUT2D eigenvalue weighted by Crippen LogP contribution is -1.93. The van der Waals surface area contributed by atoms with Crippen molar-refractivity contribution in [3.8, 4) is 17.2 Å². The number of nitro groups is 1. The van der Waals surface area contributed by atoms with Crippen molar-refractivity contribution in [2.24, 2.45) is 5.16 Å². The number of benzene rings is 2. The van der Waals surface area contributed by atoms with Crippen LogP contribution in [0.5, 0.6) is 17.2 Å². The molecular weight excluding hydrogens is 288 g/mol. The molecule has 0 aliphatic carbocycles.